The highest BCUT2D eigenvalue weighted by molar-refractivity contribution is 5.54. The zero-order chi connectivity index (χ0) is 24.0. The van der Waals surface area contributed by atoms with E-state index in [1.165, 1.54) is 11.1 Å². The van der Waals surface area contributed by atoms with Crippen LogP contribution in [0.25, 0.3) is 0 Å². The van der Waals surface area contributed by atoms with Crippen LogP contribution in [0.15, 0.2) is 72.8 Å². The number of hydrogen-bond acceptors (Lipinski definition) is 4. The normalized spacial score (nSPS) is 18.7. The van der Waals surface area contributed by atoms with Gasteiger partial charge < -0.3 is 19.5 Å². The van der Waals surface area contributed by atoms with E-state index in [9.17, 15) is 0 Å². The van der Waals surface area contributed by atoms with Gasteiger partial charge in [-0.05, 0) is 56.5 Å². The molecule has 2 unspecified atom stereocenters. The minimum atomic E-state index is -0.518. The maximum atomic E-state index is 6.49. The molecule has 1 N–H and O–H groups in total. The van der Waals surface area contributed by atoms with E-state index in [1.54, 1.807) is 0 Å². The van der Waals surface area contributed by atoms with Gasteiger partial charge in [-0.15, -0.1) is 0 Å². The van der Waals surface area contributed by atoms with Gasteiger partial charge in [-0.3, -0.25) is 0 Å². The molecule has 1 heterocycles. The van der Waals surface area contributed by atoms with Crippen LogP contribution in [0.5, 0.6) is 5.75 Å². The summed E-state index contributed by atoms with van der Waals surface area (Å²) in [6.07, 6.45) is 1.68. The lowest BCUT2D eigenvalue weighted by Gasteiger charge is -2.44. The minimum absolute atomic E-state index is 0.199. The highest BCUT2D eigenvalue weighted by atomic mass is 16.6. The van der Waals surface area contributed by atoms with Crippen LogP contribution in [0.4, 0.5) is 5.69 Å². The fraction of sp³-hybridized carbons (Fsp3) is 0.400. The van der Waals surface area contributed by atoms with E-state index in [0.29, 0.717) is 13.2 Å². The van der Waals surface area contributed by atoms with E-state index in [2.05, 4.69) is 87.6 Å². The Morgan fingerprint density at radius 1 is 0.912 bits per heavy atom. The van der Waals surface area contributed by atoms with Gasteiger partial charge in [0.25, 0.3) is 0 Å². The first-order valence-electron chi connectivity index (χ1n) is 12.4. The van der Waals surface area contributed by atoms with Crippen LogP contribution in [0.1, 0.15) is 62.0 Å². The molecule has 1 aliphatic heterocycles. The molecule has 4 nitrogen and oxygen atoms in total. The Bertz CT molecular complexity index is 1050. The van der Waals surface area contributed by atoms with Gasteiger partial charge in [0.1, 0.15) is 23.6 Å². The SMILES string of the molecule is CCCCOC1c2cc(NCc3ccc(C)cc3)ccc2OC(C)(C)C1OCc1ccccc1. The number of fused-ring (bicyclic) bond motifs is 1. The molecule has 2 atom stereocenters. The van der Waals surface area contributed by atoms with E-state index in [4.69, 9.17) is 14.2 Å². The van der Waals surface area contributed by atoms with Crippen LogP contribution in [0, 0.1) is 6.92 Å². The Morgan fingerprint density at radius 3 is 2.41 bits per heavy atom. The first-order chi connectivity index (χ1) is 16.5. The van der Waals surface area contributed by atoms with E-state index in [0.717, 1.165) is 42.0 Å². The molecule has 0 amide bonds. The summed E-state index contributed by atoms with van der Waals surface area (Å²) >= 11 is 0. The molecule has 0 bridgehead atoms. The second-order valence-corrected chi connectivity index (χ2v) is 9.66. The Kier molecular flexibility index (Phi) is 7.91. The second-order valence-electron chi connectivity index (χ2n) is 9.66. The summed E-state index contributed by atoms with van der Waals surface area (Å²) in [7, 11) is 0. The van der Waals surface area contributed by atoms with E-state index in [-0.39, 0.29) is 12.2 Å². The molecule has 0 aliphatic carbocycles. The lowest BCUT2D eigenvalue weighted by Crippen LogP contribution is -2.51. The Hall–Kier alpha value is -2.82. The Balaban J connectivity index is 1.56. The molecule has 3 aromatic carbocycles. The van der Waals surface area contributed by atoms with E-state index >= 15 is 0 Å². The molecule has 4 rings (SSSR count). The van der Waals surface area contributed by atoms with Crippen molar-refractivity contribution in [2.24, 2.45) is 0 Å². The predicted molar refractivity (Wildman–Crippen MR) is 138 cm³/mol. The van der Waals surface area contributed by atoms with Crippen LogP contribution in [0.2, 0.25) is 0 Å². The summed E-state index contributed by atoms with van der Waals surface area (Å²) in [6.45, 7) is 10.5. The molecule has 34 heavy (non-hydrogen) atoms. The average Bonchev–Trinajstić information content (AvgIpc) is 2.83. The fourth-order valence-electron chi connectivity index (χ4n) is 4.33. The Morgan fingerprint density at radius 2 is 1.68 bits per heavy atom. The first kappa shape index (κ1) is 24.3. The summed E-state index contributed by atoms with van der Waals surface area (Å²) in [4.78, 5) is 0. The zero-order valence-electron chi connectivity index (χ0n) is 20.8. The zero-order valence-corrected chi connectivity index (χ0v) is 20.8. The molecule has 0 fully saturated rings. The number of benzene rings is 3. The van der Waals surface area contributed by atoms with Gasteiger partial charge in [-0.1, -0.05) is 73.5 Å². The van der Waals surface area contributed by atoms with Crippen molar-refractivity contribution in [2.75, 3.05) is 11.9 Å². The number of aryl methyl sites for hydroxylation is 1. The molecule has 0 spiro atoms. The standard InChI is InChI=1S/C30H37NO3/c1-5-6-18-32-28-26-19-25(31-20-23-14-12-22(2)13-15-23)16-17-27(26)34-30(3,4)29(28)33-21-24-10-8-7-9-11-24/h7-17,19,28-29,31H,5-6,18,20-21H2,1-4H3. The van der Waals surface area contributed by atoms with Crippen LogP contribution in [-0.4, -0.2) is 18.3 Å². The molecule has 0 radical (unpaired) electrons. The molecular formula is C30H37NO3. The molecule has 0 saturated carbocycles. The Labute approximate surface area is 204 Å². The molecule has 1 aliphatic rings. The highest BCUT2D eigenvalue weighted by Gasteiger charge is 2.45. The molecule has 0 aromatic heterocycles. The minimum Gasteiger partial charge on any atom is -0.485 e. The van der Waals surface area contributed by atoms with Crippen LogP contribution in [-0.2, 0) is 22.6 Å². The maximum absolute atomic E-state index is 6.49. The number of hydrogen-bond donors (Lipinski definition) is 1. The van der Waals surface area contributed by atoms with Crippen molar-refractivity contribution in [2.45, 2.75) is 71.5 Å². The quantitative estimate of drug-likeness (QED) is 0.325. The molecule has 4 heteroatoms. The van der Waals surface area contributed by atoms with Gasteiger partial charge >= 0.3 is 0 Å². The summed E-state index contributed by atoms with van der Waals surface area (Å²) in [5.41, 5.74) is 5.24. The molecule has 180 valence electrons. The van der Waals surface area contributed by atoms with Crippen molar-refractivity contribution >= 4 is 5.69 Å². The third-order valence-electron chi connectivity index (χ3n) is 6.33. The van der Waals surface area contributed by atoms with Crippen LogP contribution < -0.4 is 10.1 Å². The fourth-order valence-corrected chi connectivity index (χ4v) is 4.33. The van der Waals surface area contributed by atoms with Crippen molar-refractivity contribution in [3.05, 3.63) is 95.1 Å². The van der Waals surface area contributed by atoms with Gasteiger partial charge in [-0.2, -0.15) is 0 Å². The van der Waals surface area contributed by atoms with Gasteiger partial charge in [0.15, 0.2) is 0 Å². The summed E-state index contributed by atoms with van der Waals surface area (Å²) in [5, 5.41) is 3.56. The number of rotatable bonds is 10. The third-order valence-corrected chi connectivity index (χ3v) is 6.33. The monoisotopic (exact) mass is 459 g/mol. The van der Waals surface area contributed by atoms with Crippen molar-refractivity contribution in [1.82, 2.24) is 0 Å². The summed E-state index contributed by atoms with van der Waals surface area (Å²) < 4.78 is 19.4. The van der Waals surface area contributed by atoms with Gasteiger partial charge in [0.05, 0.1) is 6.61 Å². The van der Waals surface area contributed by atoms with Gasteiger partial charge in [0, 0.05) is 24.4 Å². The highest BCUT2D eigenvalue weighted by Crippen LogP contribution is 2.44. The van der Waals surface area contributed by atoms with Gasteiger partial charge in [0.2, 0.25) is 0 Å². The molecule has 3 aromatic rings. The maximum Gasteiger partial charge on any atom is 0.132 e. The van der Waals surface area contributed by atoms with E-state index in [1.807, 2.05) is 18.2 Å². The lowest BCUT2D eigenvalue weighted by molar-refractivity contribution is -0.167. The third kappa shape index (κ3) is 5.99. The summed E-state index contributed by atoms with van der Waals surface area (Å²) in [5.74, 6) is 0.868. The lowest BCUT2D eigenvalue weighted by atomic mass is 9.87. The predicted octanol–water partition coefficient (Wildman–Crippen LogP) is 7.22. The van der Waals surface area contributed by atoms with Crippen molar-refractivity contribution in [1.29, 1.82) is 0 Å². The van der Waals surface area contributed by atoms with Crippen LogP contribution >= 0.6 is 0 Å². The number of nitrogens with one attached hydrogen (secondary N) is 1. The largest absolute Gasteiger partial charge is 0.485 e. The second kappa shape index (κ2) is 11.1. The number of unbranched alkanes of at least 4 members (excludes halogenated alkanes) is 1. The van der Waals surface area contributed by atoms with Crippen molar-refractivity contribution < 1.29 is 14.2 Å². The van der Waals surface area contributed by atoms with Crippen molar-refractivity contribution in [3.8, 4) is 5.75 Å². The summed E-state index contributed by atoms with van der Waals surface area (Å²) in [6, 6.07) is 25.2. The number of ether oxygens (including phenoxy) is 3. The van der Waals surface area contributed by atoms with Gasteiger partial charge in [-0.25, -0.2) is 0 Å². The average molecular weight is 460 g/mol. The topological polar surface area (TPSA) is 39.7 Å². The smallest absolute Gasteiger partial charge is 0.132 e. The number of anilines is 1. The van der Waals surface area contributed by atoms with E-state index < -0.39 is 5.60 Å². The first-order valence-corrected chi connectivity index (χ1v) is 12.4. The molecular weight excluding hydrogens is 422 g/mol. The van der Waals surface area contributed by atoms with Crippen molar-refractivity contribution in [3.63, 3.8) is 0 Å². The molecule has 0 saturated heterocycles. The van der Waals surface area contributed by atoms with Crippen LogP contribution in [0.3, 0.4) is 0 Å².